The monoisotopic (exact) mass is 302 g/mol. The number of ether oxygens (including phenoxy) is 1. The average Bonchev–Trinajstić information content (AvgIpc) is 2.41. The van der Waals surface area contributed by atoms with Crippen molar-refractivity contribution >= 4 is 17.7 Å². The van der Waals surface area contributed by atoms with E-state index in [1.165, 1.54) is 6.92 Å². The van der Waals surface area contributed by atoms with Gasteiger partial charge in [-0.1, -0.05) is 0 Å². The number of carboxylic acid groups (broad SMARTS) is 1. The summed E-state index contributed by atoms with van der Waals surface area (Å²) in [6.07, 6.45) is 3.24. The molecule has 0 bridgehead atoms. The van der Waals surface area contributed by atoms with Crippen LogP contribution >= 0.6 is 0 Å². The van der Waals surface area contributed by atoms with Gasteiger partial charge < -0.3 is 25.7 Å². The number of carboxylic acids is 1. The fourth-order valence-electron chi connectivity index (χ4n) is 1.62. The van der Waals surface area contributed by atoms with Gasteiger partial charge in [-0.2, -0.15) is 0 Å². The molecule has 0 aromatic rings. The highest BCUT2D eigenvalue weighted by Crippen LogP contribution is 1.98. The summed E-state index contributed by atoms with van der Waals surface area (Å²) in [5.41, 5.74) is 5.36. The Balaban J connectivity index is 3.35. The molecule has 1 amide bonds. The lowest BCUT2D eigenvalue weighted by Gasteiger charge is -2.07. The molecular formula is C14H26N2O5. The van der Waals surface area contributed by atoms with E-state index in [9.17, 15) is 14.4 Å². The molecule has 0 aliphatic rings. The van der Waals surface area contributed by atoms with Gasteiger partial charge in [0.1, 0.15) is 11.8 Å². The zero-order valence-electron chi connectivity index (χ0n) is 12.6. The number of carbonyl (C=O) groups excluding carboxylic acids is 2. The van der Waals surface area contributed by atoms with Crippen LogP contribution in [0.4, 0.5) is 0 Å². The highest BCUT2D eigenvalue weighted by atomic mass is 16.5. The van der Waals surface area contributed by atoms with Gasteiger partial charge in [0.2, 0.25) is 5.91 Å². The molecule has 7 heteroatoms. The van der Waals surface area contributed by atoms with Crippen molar-refractivity contribution in [1.82, 2.24) is 5.32 Å². The summed E-state index contributed by atoms with van der Waals surface area (Å²) in [5, 5.41) is 11.3. The first-order valence-corrected chi connectivity index (χ1v) is 7.25. The summed E-state index contributed by atoms with van der Waals surface area (Å²) in [5.74, 6) is -0.955. The maximum atomic E-state index is 11.4. The van der Waals surface area contributed by atoms with Crippen molar-refractivity contribution in [2.24, 2.45) is 5.73 Å². The van der Waals surface area contributed by atoms with E-state index in [1.54, 1.807) is 0 Å². The molecule has 0 saturated heterocycles. The van der Waals surface area contributed by atoms with Gasteiger partial charge in [0, 0.05) is 26.0 Å². The molecule has 1 atom stereocenters. The van der Waals surface area contributed by atoms with Crippen LogP contribution in [0.25, 0.3) is 0 Å². The maximum absolute atomic E-state index is 11.4. The Hall–Kier alpha value is -1.47. The highest BCUT2D eigenvalue weighted by Gasteiger charge is 2.10. The van der Waals surface area contributed by atoms with Crippen LogP contribution in [0.3, 0.4) is 0 Å². The largest absolute Gasteiger partial charge is 0.480 e. The number of hydrogen-bond donors (Lipinski definition) is 3. The molecule has 0 spiro atoms. The lowest BCUT2D eigenvalue weighted by atomic mass is 10.1. The Bertz CT molecular complexity index is 333. The first-order chi connectivity index (χ1) is 9.93. The normalized spacial score (nSPS) is 11.9. The summed E-state index contributed by atoms with van der Waals surface area (Å²) in [7, 11) is 0. The SMILES string of the molecule is CC(=O)CCCOCCC(=O)NCCCCC(N)C(=O)O. The fourth-order valence-corrected chi connectivity index (χ4v) is 1.62. The number of Topliss-reactive ketones (excluding diaryl/α,β-unsaturated/α-hetero) is 1. The number of ketones is 1. The molecule has 21 heavy (non-hydrogen) atoms. The van der Waals surface area contributed by atoms with Crippen molar-refractivity contribution < 1.29 is 24.2 Å². The molecule has 0 rings (SSSR count). The number of nitrogens with two attached hydrogens (primary N) is 1. The van der Waals surface area contributed by atoms with E-state index in [0.29, 0.717) is 51.9 Å². The lowest BCUT2D eigenvalue weighted by molar-refractivity contribution is -0.138. The van der Waals surface area contributed by atoms with E-state index in [1.807, 2.05) is 0 Å². The van der Waals surface area contributed by atoms with Crippen molar-refractivity contribution in [2.45, 2.75) is 51.5 Å². The fraction of sp³-hybridized carbons (Fsp3) is 0.786. The molecule has 7 nitrogen and oxygen atoms in total. The van der Waals surface area contributed by atoms with Crippen molar-refractivity contribution in [3.05, 3.63) is 0 Å². The van der Waals surface area contributed by atoms with Crippen LogP contribution in [0.1, 0.15) is 45.4 Å². The minimum atomic E-state index is -0.999. The van der Waals surface area contributed by atoms with Crippen LogP contribution in [0.15, 0.2) is 0 Å². The molecule has 0 aliphatic heterocycles. The topological polar surface area (TPSA) is 119 Å². The number of carbonyl (C=O) groups is 3. The van der Waals surface area contributed by atoms with Crippen LogP contribution in [0, 0.1) is 0 Å². The standard InChI is InChI=1S/C14H26N2O5/c1-11(17)5-4-9-21-10-7-13(18)16-8-3-2-6-12(15)14(19)20/h12H,2-10,15H2,1H3,(H,16,18)(H,19,20). The van der Waals surface area contributed by atoms with Crippen LogP contribution in [-0.2, 0) is 19.1 Å². The molecule has 0 fully saturated rings. The Labute approximate surface area is 125 Å². The molecule has 0 aromatic carbocycles. The van der Waals surface area contributed by atoms with Gasteiger partial charge in [0.15, 0.2) is 0 Å². The van der Waals surface area contributed by atoms with E-state index in [2.05, 4.69) is 5.32 Å². The van der Waals surface area contributed by atoms with Gasteiger partial charge in [-0.05, 0) is 32.6 Å². The van der Waals surface area contributed by atoms with Gasteiger partial charge in [0.25, 0.3) is 0 Å². The average molecular weight is 302 g/mol. The third-order valence-electron chi connectivity index (χ3n) is 2.87. The summed E-state index contributed by atoms with van der Waals surface area (Å²) in [6.45, 7) is 2.87. The molecule has 0 radical (unpaired) electrons. The Morgan fingerprint density at radius 1 is 1.14 bits per heavy atom. The molecule has 122 valence electrons. The van der Waals surface area contributed by atoms with Crippen LogP contribution in [-0.4, -0.2) is 48.6 Å². The van der Waals surface area contributed by atoms with Crippen molar-refractivity contribution in [3.63, 3.8) is 0 Å². The summed E-state index contributed by atoms with van der Waals surface area (Å²) < 4.78 is 5.25. The maximum Gasteiger partial charge on any atom is 0.320 e. The predicted octanol–water partition coefficient (Wildman–Crippen LogP) is 0.461. The second-order valence-corrected chi connectivity index (χ2v) is 4.96. The zero-order valence-corrected chi connectivity index (χ0v) is 12.6. The Morgan fingerprint density at radius 3 is 2.48 bits per heavy atom. The van der Waals surface area contributed by atoms with Crippen LogP contribution in [0.2, 0.25) is 0 Å². The highest BCUT2D eigenvalue weighted by molar-refractivity contribution is 5.76. The van der Waals surface area contributed by atoms with Crippen molar-refractivity contribution in [2.75, 3.05) is 19.8 Å². The predicted molar refractivity (Wildman–Crippen MR) is 77.8 cm³/mol. The van der Waals surface area contributed by atoms with E-state index in [-0.39, 0.29) is 18.1 Å². The second kappa shape index (κ2) is 12.3. The molecular weight excluding hydrogens is 276 g/mol. The first-order valence-electron chi connectivity index (χ1n) is 7.25. The molecule has 0 aliphatic carbocycles. The van der Waals surface area contributed by atoms with E-state index in [4.69, 9.17) is 15.6 Å². The van der Waals surface area contributed by atoms with Crippen LogP contribution < -0.4 is 11.1 Å². The minimum Gasteiger partial charge on any atom is -0.480 e. The van der Waals surface area contributed by atoms with E-state index in [0.717, 1.165) is 0 Å². The third kappa shape index (κ3) is 13.3. The Morgan fingerprint density at radius 2 is 1.86 bits per heavy atom. The summed E-state index contributed by atoms with van der Waals surface area (Å²) >= 11 is 0. The summed E-state index contributed by atoms with van der Waals surface area (Å²) in [6, 6.07) is -0.830. The zero-order chi connectivity index (χ0) is 16.1. The van der Waals surface area contributed by atoms with E-state index >= 15 is 0 Å². The van der Waals surface area contributed by atoms with E-state index < -0.39 is 12.0 Å². The van der Waals surface area contributed by atoms with Gasteiger partial charge in [-0.25, -0.2) is 0 Å². The number of aliphatic carboxylic acids is 1. The number of amides is 1. The van der Waals surface area contributed by atoms with Gasteiger partial charge in [0.05, 0.1) is 6.61 Å². The summed E-state index contributed by atoms with van der Waals surface area (Å²) in [4.78, 5) is 32.6. The number of hydrogen-bond acceptors (Lipinski definition) is 5. The smallest absolute Gasteiger partial charge is 0.320 e. The van der Waals surface area contributed by atoms with Gasteiger partial charge >= 0.3 is 5.97 Å². The van der Waals surface area contributed by atoms with Crippen molar-refractivity contribution in [3.8, 4) is 0 Å². The molecule has 0 saturated carbocycles. The molecule has 4 N–H and O–H groups in total. The minimum absolute atomic E-state index is 0.0934. The van der Waals surface area contributed by atoms with Crippen LogP contribution in [0.5, 0.6) is 0 Å². The van der Waals surface area contributed by atoms with Gasteiger partial charge in [-0.15, -0.1) is 0 Å². The lowest BCUT2D eigenvalue weighted by Crippen LogP contribution is -2.30. The first kappa shape index (κ1) is 19.5. The number of rotatable bonds is 13. The molecule has 0 heterocycles. The molecule has 1 unspecified atom stereocenters. The second-order valence-electron chi connectivity index (χ2n) is 4.96. The Kier molecular flexibility index (Phi) is 11.4. The third-order valence-corrected chi connectivity index (χ3v) is 2.87. The molecule has 0 aromatic heterocycles. The van der Waals surface area contributed by atoms with Gasteiger partial charge in [-0.3, -0.25) is 9.59 Å². The number of unbranched alkanes of at least 4 members (excludes halogenated alkanes) is 1. The number of nitrogens with one attached hydrogen (secondary N) is 1. The quantitative estimate of drug-likeness (QED) is 0.425. The van der Waals surface area contributed by atoms with Crippen molar-refractivity contribution in [1.29, 1.82) is 0 Å².